The van der Waals surface area contributed by atoms with Crippen LogP contribution in [0.2, 0.25) is 0 Å². The van der Waals surface area contributed by atoms with E-state index < -0.39 is 0 Å². The van der Waals surface area contributed by atoms with Crippen LogP contribution in [0.15, 0.2) is 30.5 Å². The first-order valence-corrected chi connectivity index (χ1v) is 7.17. The van der Waals surface area contributed by atoms with Crippen LogP contribution in [0.3, 0.4) is 0 Å². The molecule has 0 bridgehead atoms. The Kier molecular flexibility index (Phi) is 3.97. The second kappa shape index (κ2) is 6.05. The zero-order valence-corrected chi connectivity index (χ0v) is 11.7. The minimum absolute atomic E-state index is 0.694. The molecule has 0 saturated heterocycles. The first-order valence-electron chi connectivity index (χ1n) is 7.17. The smallest absolute Gasteiger partial charge is 0.119 e. The Morgan fingerprint density at radius 3 is 2.80 bits per heavy atom. The van der Waals surface area contributed by atoms with Crippen LogP contribution in [-0.2, 0) is 13.1 Å². The van der Waals surface area contributed by atoms with Crippen molar-refractivity contribution in [1.82, 2.24) is 20.3 Å². The molecular weight excluding hydrogens is 252 g/mol. The van der Waals surface area contributed by atoms with Crippen LogP contribution in [0.1, 0.15) is 31.0 Å². The first kappa shape index (κ1) is 13.1. The number of hydrogen-bond donors (Lipinski definition) is 1. The second-order valence-electron chi connectivity index (χ2n) is 5.14. The Bertz CT molecular complexity index is 545. The van der Waals surface area contributed by atoms with Gasteiger partial charge in [0.1, 0.15) is 5.75 Å². The maximum absolute atomic E-state index is 5.43. The summed E-state index contributed by atoms with van der Waals surface area (Å²) in [6, 6.07) is 8.81. The van der Waals surface area contributed by atoms with Crippen molar-refractivity contribution in [3.8, 4) is 5.75 Å². The molecule has 3 rings (SSSR count). The highest BCUT2D eigenvalue weighted by atomic mass is 16.5. The van der Waals surface area contributed by atoms with E-state index in [2.05, 4.69) is 27.8 Å². The maximum Gasteiger partial charge on any atom is 0.119 e. The molecule has 1 aromatic heterocycles. The molecule has 1 fully saturated rings. The Morgan fingerprint density at radius 2 is 2.10 bits per heavy atom. The Hall–Kier alpha value is -1.88. The number of nitrogens with zero attached hydrogens (tertiary/aromatic N) is 3. The van der Waals surface area contributed by atoms with Gasteiger partial charge in [-0.15, -0.1) is 5.10 Å². The highest BCUT2D eigenvalue weighted by molar-refractivity contribution is 5.27. The van der Waals surface area contributed by atoms with Gasteiger partial charge in [0.15, 0.2) is 0 Å². The van der Waals surface area contributed by atoms with Crippen LogP contribution in [0.25, 0.3) is 0 Å². The number of aromatic nitrogens is 3. The van der Waals surface area contributed by atoms with Crippen molar-refractivity contribution >= 4 is 0 Å². The summed E-state index contributed by atoms with van der Waals surface area (Å²) in [6.07, 6.45) is 4.59. The molecule has 1 heterocycles. The van der Waals surface area contributed by atoms with E-state index in [0.29, 0.717) is 12.6 Å². The van der Waals surface area contributed by atoms with E-state index in [1.165, 1.54) is 18.4 Å². The number of hydrogen-bond acceptors (Lipinski definition) is 4. The molecule has 0 unspecified atom stereocenters. The van der Waals surface area contributed by atoms with Crippen LogP contribution < -0.4 is 10.1 Å². The van der Waals surface area contributed by atoms with Crippen LogP contribution >= 0.6 is 0 Å². The van der Waals surface area contributed by atoms with Crippen molar-refractivity contribution in [2.75, 3.05) is 6.61 Å². The van der Waals surface area contributed by atoms with Gasteiger partial charge >= 0.3 is 0 Å². The molecule has 1 aliphatic carbocycles. The third kappa shape index (κ3) is 3.57. The van der Waals surface area contributed by atoms with E-state index in [0.717, 1.165) is 24.5 Å². The number of benzene rings is 1. The van der Waals surface area contributed by atoms with Crippen molar-refractivity contribution in [2.45, 2.75) is 38.9 Å². The molecule has 106 valence electrons. The highest BCUT2D eigenvalue weighted by Crippen LogP contribution is 2.19. The summed E-state index contributed by atoms with van der Waals surface area (Å²) >= 11 is 0. The van der Waals surface area contributed by atoms with E-state index in [1.807, 2.05) is 29.9 Å². The van der Waals surface area contributed by atoms with Crippen molar-refractivity contribution < 1.29 is 4.74 Å². The van der Waals surface area contributed by atoms with Gasteiger partial charge in [-0.1, -0.05) is 17.3 Å². The van der Waals surface area contributed by atoms with E-state index in [4.69, 9.17) is 4.74 Å². The van der Waals surface area contributed by atoms with Crippen LogP contribution in [0, 0.1) is 0 Å². The van der Waals surface area contributed by atoms with Gasteiger partial charge in [-0.05, 0) is 37.5 Å². The van der Waals surface area contributed by atoms with Gasteiger partial charge in [0.2, 0.25) is 0 Å². The van der Waals surface area contributed by atoms with Gasteiger partial charge in [-0.3, -0.25) is 0 Å². The zero-order valence-electron chi connectivity index (χ0n) is 11.7. The second-order valence-corrected chi connectivity index (χ2v) is 5.14. The topological polar surface area (TPSA) is 52.0 Å². The van der Waals surface area contributed by atoms with Gasteiger partial charge in [-0.25, -0.2) is 4.68 Å². The summed E-state index contributed by atoms with van der Waals surface area (Å²) in [6.45, 7) is 4.23. The molecule has 1 aliphatic rings. The SMILES string of the molecule is CCOc1ccc(Cn2cc(CNC3CC3)nn2)cc1. The molecule has 0 aliphatic heterocycles. The van der Waals surface area contributed by atoms with Crippen molar-refractivity contribution in [1.29, 1.82) is 0 Å². The summed E-state index contributed by atoms with van der Waals surface area (Å²) in [5.74, 6) is 0.907. The van der Waals surface area contributed by atoms with Crippen LogP contribution in [0.5, 0.6) is 5.75 Å². The van der Waals surface area contributed by atoms with Crippen molar-refractivity contribution in [3.63, 3.8) is 0 Å². The fourth-order valence-corrected chi connectivity index (χ4v) is 2.08. The fourth-order valence-electron chi connectivity index (χ4n) is 2.08. The van der Waals surface area contributed by atoms with Crippen molar-refractivity contribution in [3.05, 3.63) is 41.7 Å². The monoisotopic (exact) mass is 272 g/mol. The quantitative estimate of drug-likeness (QED) is 0.837. The summed E-state index contributed by atoms with van der Waals surface area (Å²) in [5, 5.41) is 11.8. The van der Waals surface area contributed by atoms with Gasteiger partial charge in [0.05, 0.1) is 25.0 Å². The van der Waals surface area contributed by atoms with E-state index >= 15 is 0 Å². The summed E-state index contributed by atoms with van der Waals surface area (Å²) < 4.78 is 7.31. The maximum atomic E-state index is 5.43. The minimum Gasteiger partial charge on any atom is -0.494 e. The van der Waals surface area contributed by atoms with E-state index in [9.17, 15) is 0 Å². The van der Waals surface area contributed by atoms with Gasteiger partial charge in [0, 0.05) is 12.6 Å². The van der Waals surface area contributed by atoms with Crippen LogP contribution in [-0.4, -0.2) is 27.6 Å². The van der Waals surface area contributed by atoms with Gasteiger partial charge in [-0.2, -0.15) is 0 Å². The molecular formula is C15H20N4O. The Labute approximate surface area is 118 Å². The van der Waals surface area contributed by atoms with E-state index in [1.54, 1.807) is 0 Å². The lowest BCUT2D eigenvalue weighted by Crippen LogP contribution is -2.15. The van der Waals surface area contributed by atoms with Gasteiger partial charge < -0.3 is 10.1 Å². The number of nitrogens with one attached hydrogen (secondary N) is 1. The lowest BCUT2D eigenvalue weighted by molar-refractivity contribution is 0.340. The number of rotatable bonds is 7. The van der Waals surface area contributed by atoms with Gasteiger partial charge in [0.25, 0.3) is 0 Å². The Balaban J connectivity index is 1.56. The predicted molar refractivity (Wildman–Crippen MR) is 76.6 cm³/mol. The third-order valence-electron chi connectivity index (χ3n) is 3.31. The average molecular weight is 272 g/mol. The highest BCUT2D eigenvalue weighted by Gasteiger charge is 2.20. The summed E-state index contributed by atoms with van der Waals surface area (Å²) in [4.78, 5) is 0. The van der Waals surface area contributed by atoms with Crippen LogP contribution in [0.4, 0.5) is 0 Å². The minimum atomic E-state index is 0.694. The summed E-state index contributed by atoms with van der Waals surface area (Å²) in [5.41, 5.74) is 2.20. The normalized spacial score (nSPS) is 14.4. The molecule has 0 atom stereocenters. The molecule has 5 nitrogen and oxygen atoms in total. The molecule has 5 heteroatoms. The molecule has 2 aromatic rings. The summed E-state index contributed by atoms with van der Waals surface area (Å²) in [7, 11) is 0. The molecule has 20 heavy (non-hydrogen) atoms. The zero-order chi connectivity index (χ0) is 13.8. The fraction of sp³-hybridized carbons (Fsp3) is 0.467. The Morgan fingerprint density at radius 1 is 1.30 bits per heavy atom. The molecule has 0 spiro atoms. The van der Waals surface area contributed by atoms with Crippen molar-refractivity contribution in [2.24, 2.45) is 0 Å². The predicted octanol–water partition coefficient (Wildman–Crippen LogP) is 1.98. The molecule has 1 aromatic carbocycles. The third-order valence-corrected chi connectivity index (χ3v) is 3.31. The standard InChI is InChI=1S/C15H20N4O/c1-2-20-15-7-3-12(4-8-15)10-19-11-14(17-18-19)9-16-13-5-6-13/h3-4,7-8,11,13,16H,2,5-6,9-10H2,1H3. The lowest BCUT2D eigenvalue weighted by atomic mass is 10.2. The molecule has 0 amide bonds. The lowest BCUT2D eigenvalue weighted by Gasteiger charge is -2.04. The number of ether oxygens (including phenoxy) is 1. The largest absolute Gasteiger partial charge is 0.494 e. The molecule has 0 radical (unpaired) electrons. The average Bonchev–Trinajstić information content (AvgIpc) is 3.19. The molecule has 1 saturated carbocycles. The molecule has 1 N–H and O–H groups in total. The van der Waals surface area contributed by atoms with E-state index in [-0.39, 0.29) is 0 Å². The first-order chi connectivity index (χ1) is 9.83.